The van der Waals surface area contributed by atoms with Crippen LogP contribution in [0.15, 0.2) is 24.3 Å². The van der Waals surface area contributed by atoms with E-state index in [-0.39, 0.29) is 12.0 Å². The molecule has 0 amide bonds. The predicted octanol–water partition coefficient (Wildman–Crippen LogP) is 1.06. The van der Waals surface area contributed by atoms with Gasteiger partial charge in [-0.05, 0) is 11.6 Å². The van der Waals surface area contributed by atoms with Gasteiger partial charge in [0.05, 0.1) is 19.3 Å². The number of rotatable bonds is 4. The Bertz CT molecular complexity index is 365. The molecule has 1 aliphatic heterocycles. The Hall–Kier alpha value is -0.590. The molecule has 2 unspecified atom stereocenters. The molecule has 4 nitrogen and oxygen atoms in total. The molecule has 2 rings (SSSR count). The number of hydrogen-bond acceptors (Lipinski definition) is 5. The number of hydrogen-bond donors (Lipinski definition) is 3. The van der Waals surface area contributed by atoms with Gasteiger partial charge in [0.1, 0.15) is 6.10 Å². The minimum Gasteiger partial charge on any atom is -0.389 e. The fourth-order valence-electron chi connectivity index (χ4n) is 1.76. The van der Waals surface area contributed by atoms with Crippen LogP contribution in [-0.4, -0.2) is 35.3 Å². The Kier molecular flexibility index (Phi) is 4.42. The number of thiol groups is 1. The van der Waals surface area contributed by atoms with Crippen LogP contribution in [0.3, 0.4) is 0 Å². The van der Waals surface area contributed by atoms with Crippen molar-refractivity contribution in [2.24, 2.45) is 0 Å². The first-order valence-electron chi connectivity index (χ1n) is 5.52. The topological polar surface area (TPSA) is 58.9 Å². The molecule has 1 aromatic rings. The molecular formula is C12H16O4S. The van der Waals surface area contributed by atoms with Crippen molar-refractivity contribution in [3.63, 3.8) is 0 Å². The number of benzene rings is 1. The number of aliphatic hydroxyl groups excluding tert-OH is 2. The van der Waals surface area contributed by atoms with Gasteiger partial charge in [-0.1, -0.05) is 18.2 Å². The van der Waals surface area contributed by atoms with E-state index in [2.05, 4.69) is 12.6 Å². The van der Waals surface area contributed by atoms with Crippen molar-refractivity contribution < 1.29 is 19.7 Å². The lowest BCUT2D eigenvalue weighted by Crippen LogP contribution is -2.20. The Morgan fingerprint density at radius 3 is 2.65 bits per heavy atom. The van der Waals surface area contributed by atoms with Crippen molar-refractivity contribution in [2.45, 2.75) is 18.5 Å². The first-order chi connectivity index (χ1) is 8.22. The van der Waals surface area contributed by atoms with Gasteiger partial charge in [-0.25, -0.2) is 0 Å². The number of aliphatic hydroxyl groups is 2. The average Bonchev–Trinajstić information content (AvgIpc) is 2.91. The molecule has 0 bridgehead atoms. The third-order valence-corrected chi connectivity index (χ3v) is 3.07. The van der Waals surface area contributed by atoms with Crippen LogP contribution in [0.2, 0.25) is 0 Å². The molecule has 0 aliphatic carbocycles. The van der Waals surface area contributed by atoms with Gasteiger partial charge >= 0.3 is 0 Å². The van der Waals surface area contributed by atoms with E-state index in [1.165, 1.54) is 0 Å². The Morgan fingerprint density at radius 1 is 1.29 bits per heavy atom. The summed E-state index contributed by atoms with van der Waals surface area (Å²) in [6.45, 7) is 1.16. The summed E-state index contributed by atoms with van der Waals surface area (Å²) in [4.78, 5) is 0. The van der Waals surface area contributed by atoms with Crippen LogP contribution < -0.4 is 0 Å². The summed E-state index contributed by atoms with van der Waals surface area (Å²) in [6, 6.07) is 7.23. The Balaban J connectivity index is 2.15. The first kappa shape index (κ1) is 12.9. The quantitative estimate of drug-likeness (QED) is 0.705. The van der Waals surface area contributed by atoms with Gasteiger partial charge in [0.2, 0.25) is 0 Å². The molecule has 0 saturated carbocycles. The zero-order chi connectivity index (χ0) is 12.3. The van der Waals surface area contributed by atoms with Crippen LogP contribution >= 0.6 is 12.6 Å². The maximum Gasteiger partial charge on any atom is 0.184 e. The van der Waals surface area contributed by atoms with E-state index in [0.29, 0.717) is 18.8 Å². The lowest BCUT2D eigenvalue weighted by Gasteiger charge is -2.18. The van der Waals surface area contributed by atoms with E-state index >= 15 is 0 Å². The first-order valence-corrected chi connectivity index (χ1v) is 6.15. The molecule has 94 valence electrons. The van der Waals surface area contributed by atoms with Crippen molar-refractivity contribution in [3.05, 3.63) is 35.4 Å². The zero-order valence-electron chi connectivity index (χ0n) is 9.32. The van der Waals surface area contributed by atoms with Crippen molar-refractivity contribution in [1.82, 2.24) is 0 Å². The van der Waals surface area contributed by atoms with Gasteiger partial charge < -0.3 is 19.7 Å². The minimum absolute atomic E-state index is 0.210. The largest absolute Gasteiger partial charge is 0.389 e. The average molecular weight is 256 g/mol. The summed E-state index contributed by atoms with van der Waals surface area (Å²) in [5, 5.41) is 19.4. The number of ether oxygens (including phenoxy) is 2. The smallest absolute Gasteiger partial charge is 0.184 e. The van der Waals surface area contributed by atoms with Crippen molar-refractivity contribution in [1.29, 1.82) is 0 Å². The SMILES string of the molecule is OC(CS)C(O)c1cccc(C2OCCO2)c1. The fourth-order valence-corrected chi connectivity index (χ4v) is 1.96. The van der Waals surface area contributed by atoms with Crippen LogP contribution in [0.1, 0.15) is 23.5 Å². The highest BCUT2D eigenvalue weighted by atomic mass is 32.1. The molecule has 0 aromatic heterocycles. The fraction of sp³-hybridized carbons (Fsp3) is 0.500. The normalized spacial score (nSPS) is 20.4. The van der Waals surface area contributed by atoms with Gasteiger partial charge in [0.15, 0.2) is 6.29 Å². The maximum absolute atomic E-state index is 9.88. The van der Waals surface area contributed by atoms with Gasteiger partial charge in [-0.2, -0.15) is 12.6 Å². The lowest BCUT2D eigenvalue weighted by atomic mass is 10.0. The molecular weight excluding hydrogens is 240 g/mol. The second-order valence-electron chi connectivity index (χ2n) is 3.94. The predicted molar refractivity (Wildman–Crippen MR) is 65.9 cm³/mol. The summed E-state index contributed by atoms with van der Waals surface area (Å²) in [5.41, 5.74) is 1.49. The van der Waals surface area contributed by atoms with E-state index in [1.807, 2.05) is 12.1 Å². The zero-order valence-corrected chi connectivity index (χ0v) is 10.2. The molecule has 17 heavy (non-hydrogen) atoms. The van der Waals surface area contributed by atoms with Crippen molar-refractivity contribution >= 4 is 12.6 Å². The molecule has 2 N–H and O–H groups in total. The van der Waals surface area contributed by atoms with E-state index in [1.54, 1.807) is 12.1 Å². The third-order valence-electron chi connectivity index (χ3n) is 2.70. The monoisotopic (exact) mass is 256 g/mol. The molecule has 5 heteroatoms. The molecule has 1 aliphatic rings. The van der Waals surface area contributed by atoms with Crippen LogP contribution in [0.4, 0.5) is 0 Å². The summed E-state index contributed by atoms with van der Waals surface area (Å²) >= 11 is 3.96. The van der Waals surface area contributed by atoms with Gasteiger partial charge in [-0.15, -0.1) is 0 Å². The van der Waals surface area contributed by atoms with Crippen molar-refractivity contribution in [2.75, 3.05) is 19.0 Å². The van der Waals surface area contributed by atoms with Crippen LogP contribution in [0.25, 0.3) is 0 Å². The molecule has 1 saturated heterocycles. The Morgan fingerprint density at radius 2 is 2.00 bits per heavy atom. The second kappa shape index (κ2) is 5.84. The highest BCUT2D eigenvalue weighted by Gasteiger charge is 2.21. The van der Waals surface area contributed by atoms with Gasteiger partial charge in [-0.3, -0.25) is 0 Å². The minimum atomic E-state index is -0.936. The molecule has 2 atom stereocenters. The standard InChI is InChI=1S/C12H16O4S/c13-10(7-17)11(14)8-2-1-3-9(6-8)12-15-4-5-16-12/h1-3,6,10-14,17H,4-5,7H2. The van der Waals surface area contributed by atoms with Gasteiger partial charge in [0, 0.05) is 11.3 Å². The third kappa shape index (κ3) is 3.00. The van der Waals surface area contributed by atoms with Crippen LogP contribution in [0.5, 0.6) is 0 Å². The van der Waals surface area contributed by atoms with E-state index in [4.69, 9.17) is 9.47 Å². The molecule has 0 spiro atoms. The van der Waals surface area contributed by atoms with E-state index in [9.17, 15) is 10.2 Å². The van der Waals surface area contributed by atoms with Gasteiger partial charge in [0.25, 0.3) is 0 Å². The second-order valence-corrected chi connectivity index (χ2v) is 4.30. The summed E-state index contributed by atoms with van der Waals surface area (Å²) in [6.07, 6.45) is -2.18. The maximum atomic E-state index is 9.88. The van der Waals surface area contributed by atoms with Crippen molar-refractivity contribution in [3.8, 4) is 0 Å². The highest BCUT2D eigenvalue weighted by Crippen LogP contribution is 2.26. The summed E-state index contributed by atoms with van der Waals surface area (Å²) in [5.74, 6) is 0.210. The Labute approximate surface area is 106 Å². The summed E-state index contributed by atoms with van der Waals surface area (Å²) < 4.78 is 10.8. The molecule has 0 radical (unpaired) electrons. The molecule has 1 fully saturated rings. The van der Waals surface area contributed by atoms with E-state index < -0.39 is 12.2 Å². The highest BCUT2D eigenvalue weighted by molar-refractivity contribution is 7.80. The van der Waals surface area contributed by atoms with Crippen LogP contribution in [-0.2, 0) is 9.47 Å². The van der Waals surface area contributed by atoms with Crippen LogP contribution in [0, 0.1) is 0 Å². The van der Waals surface area contributed by atoms with E-state index in [0.717, 1.165) is 5.56 Å². The molecule has 1 aromatic carbocycles. The lowest BCUT2D eigenvalue weighted by molar-refractivity contribution is -0.0444. The summed E-state index contributed by atoms with van der Waals surface area (Å²) in [7, 11) is 0. The molecule has 1 heterocycles.